The Morgan fingerprint density at radius 1 is 1.14 bits per heavy atom. The predicted octanol–water partition coefficient (Wildman–Crippen LogP) is 4.44. The second-order valence-electron chi connectivity index (χ2n) is 3.67. The first-order valence-electron chi connectivity index (χ1n) is 4.84. The van der Waals surface area contributed by atoms with Crippen molar-refractivity contribution < 1.29 is 0 Å². The van der Waals surface area contributed by atoms with Crippen LogP contribution in [0.2, 0.25) is 0 Å². The fourth-order valence-corrected chi connectivity index (χ4v) is 1.30. The lowest BCUT2D eigenvalue weighted by atomic mass is 9.83. The smallest absolute Gasteiger partial charge is 0.00752 e. The van der Waals surface area contributed by atoms with Crippen molar-refractivity contribution in [1.29, 1.82) is 0 Å². The average Bonchev–Trinajstić information content (AvgIpc) is 2.11. The van der Waals surface area contributed by atoms with Crippen molar-refractivity contribution in [2.75, 3.05) is 0 Å². The molecule has 0 aliphatic heterocycles. The van der Waals surface area contributed by atoms with Gasteiger partial charge in [0.2, 0.25) is 0 Å². The lowest BCUT2D eigenvalue weighted by molar-refractivity contribution is 0.594. The van der Waals surface area contributed by atoms with Gasteiger partial charge in [-0.05, 0) is 12.5 Å². The van der Waals surface area contributed by atoms with Gasteiger partial charge in [-0.2, -0.15) is 0 Å². The molecule has 0 rings (SSSR count). The number of hydrogen-bond acceptors (Lipinski definition) is 0. The standard InChI is InChI=1S/C14H20/c1-6-9-11-13(10-7-2)14(4,5)12-8-3/h6-12H,1-2H2,3-5H3/b11-9-,12-8-,13-10+. The van der Waals surface area contributed by atoms with E-state index in [4.69, 9.17) is 0 Å². The van der Waals surface area contributed by atoms with Gasteiger partial charge in [0.05, 0.1) is 0 Å². The highest BCUT2D eigenvalue weighted by Gasteiger charge is 2.16. The third-order valence-electron chi connectivity index (χ3n) is 2.04. The molecule has 0 heteroatoms. The van der Waals surface area contributed by atoms with Gasteiger partial charge in [-0.25, -0.2) is 0 Å². The lowest BCUT2D eigenvalue weighted by Crippen LogP contribution is -2.09. The van der Waals surface area contributed by atoms with E-state index in [1.165, 1.54) is 5.57 Å². The highest BCUT2D eigenvalue weighted by atomic mass is 14.2. The molecule has 0 unspecified atom stereocenters. The summed E-state index contributed by atoms with van der Waals surface area (Å²) in [6.07, 6.45) is 13.9. The van der Waals surface area contributed by atoms with Crippen LogP contribution in [0.25, 0.3) is 0 Å². The normalized spacial score (nSPS) is 13.8. The van der Waals surface area contributed by atoms with Crippen molar-refractivity contribution in [2.24, 2.45) is 5.41 Å². The Morgan fingerprint density at radius 2 is 1.79 bits per heavy atom. The highest BCUT2D eigenvalue weighted by molar-refractivity contribution is 5.33. The van der Waals surface area contributed by atoms with Crippen molar-refractivity contribution >= 4 is 0 Å². The minimum absolute atomic E-state index is 0.0441. The molecule has 0 aromatic carbocycles. The van der Waals surface area contributed by atoms with Crippen LogP contribution in [0.1, 0.15) is 20.8 Å². The number of allylic oxidation sites excluding steroid dienone is 8. The third-order valence-corrected chi connectivity index (χ3v) is 2.04. The van der Waals surface area contributed by atoms with Gasteiger partial charge in [0.25, 0.3) is 0 Å². The molecule has 0 atom stereocenters. The van der Waals surface area contributed by atoms with E-state index in [0.29, 0.717) is 0 Å². The van der Waals surface area contributed by atoms with Crippen LogP contribution in [0.3, 0.4) is 0 Å². The van der Waals surface area contributed by atoms with Gasteiger partial charge in [-0.1, -0.05) is 69.5 Å². The Morgan fingerprint density at radius 3 is 2.21 bits per heavy atom. The van der Waals surface area contributed by atoms with Crippen molar-refractivity contribution in [1.82, 2.24) is 0 Å². The molecule has 0 aromatic heterocycles. The summed E-state index contributed by atoms with van der Waals surface area (Å²) in [5.74, 6) is 0. The molecule has 0 saturated heterocycles. The summed E-state index contributed by atoms with van der Waals surface area (Å²) in [4.78, 5) is 0. The largest absolute Gasteiger partial charge is 0.0991 e. The molecule has 0 radical (unpaired) electrons. The molecule has 0 amide bonds. The zero-order valence-electron chi connectivity index (χ0n) is 9.46. The Kier molecular flexibility index (Phi) is 5.62. The van der Waals surface area contributed by atoms with E-state index in [2.05, 4.69) is 45.2 Å². The fraction of sp³-hybridized carbons (Fsp3) is 0.286. The molecule has 0 fully saturated rings. The van der Waals surface area contributed by atoms with E-state index in [1.54, 1.807) is 6.08 Å². The summed E-state index contributed by atoms with van der Waals surface area (Å²) in [7, 11) is 0. The summed E-state index contributed by atoms with van der Waals surface area (Å²) in [5.41, 5.74) is 1.27. The minimum atomic E-state index is 0.0441. The van der Waals surface area contributed by atoms with Gasteiger partial charge in [-0.15, -0.1) is 0 Å². The summed E-state index contributed by atoms with van der Waals surface area (Å²) in [5, 5.41) is 0. The Balaban J connectivity index is 5.00. The van der Waals surface area contributed by atoms with Crippen molar-refractivity contribution in [3.8, 4) is 0 Å². The average molecular weight is 188 g/mol. The maximum Gasteiger partial charge on any atom is 0.00752 e. The molecule has 0 heterocycles. The van der Waals surface area contributed by atoms with Gasteiger partial charge >= 0.3 is 0 Å². The Bertz CT molecular complexity index is 272. The highest BCUT2D eigenvalue weighted by Crippen LogP contribution is 2.29. The molecule has 0 nitrogen and oxygen atoms in total. The van der Waals surface area contributed by atoms with Gasteiger partial charge < -0.3 is 0 Å². The third kappa shape index (κ3) is 4.08. The van der Waals surface area contributed by atoms with Crippen molar-refractivity contribution in [2.45, 2.75) is 20.8 Å². The molecule has 0 spiro atoms. The molecule has 0 N–H and O–H groups in total. The summed E-state index contributed by atoms with van der Waals surface area (Å²) in [6, 6.07) is 0. The Hall–Kier alpha value is -1.30. The van der Waals surface area contributed by atoms with Gasteiger partial charge in [0, 0.05) is 5.41 Å². The summed E-state index contributed by atoms with van der Waals surface area (Å²) in [6.45, 7) is 13.8. The molecule has 0 bridgehead atoms. The van der Waals surface area contributed by atoms with E-state index in [-0.39, 0.29) is 5.41 Å². The maximum absolute atomic E-state index is 3.72. The summed E-state index contributed by atoms with van der Waals surface area (Å²) >= 11 is 0. The van der Waals surface area contributed by atoms with Crippen molar-refractivity contribution in [3.63, 3.8) is 0 Å². The predicted molar refractivity (Wildman–Crippen MR) is 66.2 cm³/mol. The number of hydrogen-bond donors (Lipinski definition) is 0. The monoisotopic (exact) mass is 188 g/mol. The van der Waals surface area contributed by atoms with E-state index in [0.717, 1.165) is 0 Å². The van der Waals surface area contributed by atoms with Gasteiger partial charge in [0.15, 0.2) is 0 Å². The van der Waals surface area contributed by atoms with E-state index < -0.39 is 0 Å². The van der Waals surface area contributed by atoms with Crippen LogP contribution in [-0.4, -0.2) is 0 Å². The van der Waals surface area contributed by atoms with Crippen LogP contribution in [-0.2, 0) is 0 Å². The second-order valence-corrected chi connectivity index (χ2v) is 3.67. The first-order valence-corrected chi connectivity index (χ1v) is 4.84. The van der Waals surface area contributed by atoms with Crippen LogP contribution >= 0.6 is 0 Å². The molecule has 0 saturated carbocycles. The quantitative estimate of drug-likeness (QED) is 0.442. The Labute approximate surface area is 88.0 Å². The molecule has 0 aliphatic rings. The van der Waals surface area contributed by atoms with E-state index in [1.807, 2.05) is 25.2 Å². The second kappa shape index (κ2) is 6.20. The molecular formula is C14H20. The maximum atomic E-state index is 3.72. The zero-order valence-corrected chi connectivity index (χ0v) is 9.46. The van der Waals surface area contributed by atoms with Crippen LogP contribution in [0, 0.1) is 5.41 Å². The van der Waals surface area contributed by atoms with E-state index in [9.17, 15) is 0 Å². The van der Waals surface area contributed by atoms with Crippen LogP contribution < -0.4 is 0 Å². The first-order chi connectivity index (χ1) is 6.58. The minimum Gasteiger partial charge on any atom is -0.0991 e. The van der Waals surface area contributed by atoms with Crippen molar-refractivity contribution in [3.05, 3.63) is 61.3 Å². The molecular weight excluding hydrogens is 168 g/mol. The molecule has 0 aliphatic carbocycles. The fourth-order valence-electron chi connectivity index (χ4n) is 1.30. The van der Waals surface area contributed by atoms with Gasteiger partial charge in [0.1, 0.15) is 0 Å². The first kappa shape index (κ1) is 12.7. The molecule has 14 heavy (non-hydrogen) atoms. The van der Waals surface area contributed by atoms with Gasteiger partial charge in [-0.3, -0.25) is 0 Å². The van der Waals surface area contributed by atoms with Crippen LogP contribution in [0.5, 0.6) is 0 Å². The number of rotatable bonds is 5. The van der Waals surface area contributed by atoms with Crippen LogP contribution in [0.4, 0.5) is 0 Å². The SMILES string of the molecule is C=C/C=C\C(=C/C=C)C(C)(C)/C=C\C. The topological polar surface area (TPSA) is 0 Å². The molecule has 76 valence electrons. The van der Waals surface area contributed by atoms with Crippen LogP contribution in [0.15, 0.2) is 61.3 Å². The zero-order chi connectivity index (χ0) is 11.0. The van der Waals surface area contributed by atoms with E-state index >= 15 is 0 Å². The summed E-state index contributed by atoms with van der Waals surface area (Å²) < 4.78 is 0. The lowest BCUT2D eigenvalue weighted by Gasteiger charge is -2.21. The molecule has 0 aromatic rings.